The number of halogens is 5. The van der Waals surface area contributed by atoms with E-state index in [9.17, 15) is 12.9 Å². The topological polar surface area (TPSA) is 9.23 Å². The minimum absolute atomic E-state index is 0. The van der Waals surface area contributed by atoms with Crippen molar-refractivity contribution in [1.82, 2.24) is 0 Å². The van der Waals surface area contributed by atoms with Gasteiger partial charge in [-0.2, -0.15) is 0 Å². The maximum absolute atomic E-state index is 12.6. The van der Waals surface area contributed by atoms with Crippen LogP contribution in [0.15, 0.2) is 42.5 Å². The van der Waals surface area contributed by atoms with E-state index in [1.165, 1.54) is 12.1 Å². The van der Waals surface area contributed by atoms with E-state index in [2.05, 4.69) is 0 Å². The van der Waals surface area contributed by atoms with E-state index < -0.39 is 12.4 Å². The fourth-order valence-electron chi connectivity index (χ4n) is 1.60. The van der Waals surface area contributed by atoms with Gasteiger partial charge in [-0.3, -0.25) is 0 Å². The number of benzene rings is 2. The summed E-state index contributed by atoms with van der Waals surface area (Å²) in [5.74, 6) is 0.160. The number of hydrogen-bond acceptors (Lipinski definition) is 1. The number of hydrogen-bond donors (Lipinski definition) is 0. The third-order valence-electron chi connectivity index (χ3n) is 2.63. The van der Waals surface area contributed by atoms with E-state index in [0.717, 1.165) is 17.7 Å². The Balaban J connectivity index is 0.00000220. The molecule has 0 radical (unpaired) electrons. The Hall–Kier alpha value is 0.311. The van der Waals surface area contributed by atoms with Gasteiger partial charge in [0.25, 0.3) is 0 Å². The maximum atomic E-state index is 12.6. The van der Waals surface area contributed by atoms with Crippen LogP contribution in [0, 0.1) is 0 Å². The van der Waals surface area contributed by atoms with Crippen LogP contribution in [0.2, 0.25) is 10.0 Å². The fourth-order valence-corrected chi connectivity index (χ4v) is 1.92. The standard InChI is InChI=1S/C13H9BCl2F3O.K/c15-12-5-4-9(6-13(12)16)8-20-11-3-1-2-10(7-11)14(17,18)19;/h1-7H,8H2;/q-1;+1. The van der Waals surface area contributed by atoms with Gasteiger partial charge in [0.1, 0.15) is 12.4 Å². The van der Waals surface area contributed by atoms with Crippen molar-refractivity contribution in [2.75, 3.05) is 0 Å². The molecule has 0 heterocycles. The zero-order valence-electron chi connectivity index (χ0n) is 11.1. The maximum Gasteiger partial charge on any atom is 1.00 e. The van der Waals surface area contributed by atoms with Crippen LogP contribution in [0.25, 0.3) is 0 Å². The molecule has 0 unspecified atom stereocenters. The first kappa shape index (κ1) is 19.4. The van der Waals surface area contributed by atoms with Crippen LogP contribution in [-0.4, -0.2) is 6.98 Å². The molecule has 2 aromatic carbocycles. The molecule has 0 atom stereocenters. The molecular weight excluding hydrogens is 350 g/mol. The summed E-state index contributed by atoms with van der Waals surface area (Å²) in [7, 11) is 0. The molecule has 0 saturated carbocycles. The molecule has 106 valence electrons. The van der Waals surface area contributed by atoms with Gasteiger partial charge in [-0.15, -0.1) is 5.46 Å². The predicted molar refractivity (Wildman–Crippen MR) is 75.9 cm³/mol. The Morgan fingerprint density at radius 2 is 1.67 bits per heavy atom. The smallest absolute Gasteiger partial charge is 0.489 e. The van der Waals surface area contributed by atoms with E-state index in [1.54, 1.807) is 18.2 Å². The van der Waals surface area contributed by atoms with Crippen molar-refractivity contribution >= 4 is 35.6 Å². The van der Waals surface area contributed by atoms with Gasteiger partial charge < -0.3 is 17.7 Å². The average molecular weight is 359 g/mol. The first-order valence-corrected chi connectivity index (χ1v) is 6.48. The zero-order chi connectivity index (χ0) is 14.8. The molecule has 21 heavy (non-hydrogen) atoms. The summed E-state index contributed by atoms with van der Waals surface area (Å²) >= 11 is 11.6. The van der Waals surface area contributed by atoms with Gasteiger partial charge in [0, 0.05) is 0 Å². The Bertz CT molecular complexity index is 623. The molecule has 0 spiro atoms. The summed E-state index contributed by atoms with van der Waals surface area (Å²) in [4.78, 5) is 0. The van der Waals surface area contributed by atoms with Gasteiger partial charge in [0.2, 0.25) is 0 Å². The van der Waals surface area contributed by atoms with Crippen LogP contribution in [-0.2, 0) is 6.61 Å². The first-order valence-electron chi connectivity index (χ1n) is 5.73. The molecule has 0 aliphatic rings. The minimum atomic E-state index is -5.03. The number of rotatable bonds is 4. The third-order valence-corrected chi connectivity index (χ3v) is 3.36. The molecule has 2 rings (SSSR count). The minimum Gasteiger partial charge on any atom is -0.489 e. The molecular formula is C13H9BCl2F3KO. The Morgan fingerprint density at radius 3 is 2.29 bits per heavy atom. The largest absolute Gasteiger partial charge is 1.00 e. The van der Waals surface area contributed by atoms with Crippen LogP contribution in [0.3, 0.4) is 0 Å². The summed E-state index contributed by atoms with van der Waals surface area (Å²) in [5, 5.41) is 0.789. The normalized spacial score (nSPS) is 10.9. The summed E-state index contributed by atoms with van der Waals surface area (Å²) in [6, 6.07) is 9.71. The van der Waals surface area contributed by atoms with Crippen molar-refractivity contribution < 1.29 is 69.1 Å². The van der Waals surface area contributed by atoms with Gasteiger partial charge >= 0.3 is 58.4 Å². The Morgan fingerprint density at radius 1 is 0.952 bits per heavy atom. The molecule has 0 aromatic heterocycles. The molecule has 0 saturated heterocycles. The van der Waals surface area contributed by atoms with Crippen LogP contribution < -0.4 is 61.6 Å². The second kappa shape index (κ2) is 8.24. The molecule has 0 fully saturated rings. The molecule has 2 aromatic rings. The molecule has 0 N–H and O–H groups in total. The van der Waals surface area contributed by atoms with Crippen molar-refractivity contribution in [2.24, 2.45) is 0 Å². The fraction of sp³-hybridized carbons (Fsp3) is 0.0769. The van der Waals surface area contributed by atoms with E-state index in [1.807, 2.05) is 0 Å². The first-order chi connectivity index (χ1) is 9.36. The van der Waals surface area contributed by atoms with Crippen LogP contribution in [0.1, 0.15) is 5.56 Å². The van der Waals surface area contributed by atoms with Crippen molar-refractivity contribution in [3.05, 3.63) is 58.1 Å². The summed E-state index contributed by atoms with van der Waals surface area (Å²) in [6.07, 6.45) is 0. The summed E-state index contributed by atoms with van der Waals surface area (Å²) in [5.41, 5.74) is 0.0407. The SMILES string of the molecule is F[B-](F)(F)c1cccc(OCc2ccc(Cl)c(Cl)c2)c1.[K+]. The summed E-state index contributed by atoms with van der Waals surface area (Å²) < 4.78 is 43.1. The molecule has 8 heteroatoms. The van der Waals surface area contributed by atoms with E-state index in [0.29, 0.717) is 10.0 Å². The Kier molecular flexibility index (Phi) is 7.60. The van der Waals surface area contributed by atoms with Gasteiger partial charge in [0.15, 0.2) is 0 Å². The van der Waals surface area contributed by atoms with Gasteiger partial charge in [-0.25, -0.2) is 0 Å². The van der Waals surface area contributed by atoms with Crippen LogP contribution in [0.4, 0.5) is 12.9 Å². The summed E-state index contributed by atoms with van der Waals surface area (Å²) in [6.45, 7) is -4.91. The van der Waals surface area contributed by atoms with Gasteiger partial charge in [-0.05, 0) is 29.8 Å². The molecule has 0 aliphatic heterocycles. The van der Waals surface area contributed by atoms with Crippen molar-refractivity contribution in [2.45, 2.75) is 6.61 Å². The molecule has 0 bridgehead atoms. The number of ether oxygens (including phenoxy) is 1. The quantitative estimate of drug-likeness (QED) is 0.755. The van der Waals surface area contributed by atoms with Crippen LogP contribution >= 0.6 is 23.2 Å². The van der Waals surface area contributed by atoms with Crippen molar-refractivity contribution in [1.29, 1.82) is 0 Å². The Labute approximate surface area is 173 Å². The molecule has 0 amide bonds. The second-order valence-electron chi connectivity index (χ2n) is 4.18. The van der Waals surface area contributed by atoms with Crippen molar-refractivity contribution in [3.8, 4) is 5.75 Å². The monoisotopic (exact) mass is 358 g/mol. The van der Waals surface area contributed by atoms with Crippen LogP contribution in [0.5, 0.6) is 5.75 Å². The van der Waals surface area contributed by atoms with Crippen molar-refractivity contribution in [3.63, 3.8) is 0 Å². The van der Waals surface area contributed by atoms with E-state index in [-0.39, 0.29) is 63.7 Å². The average Bonchev–Trinajstić information content (AvgIpc) is 2.39. The molecule has 1 nitrogen and oxygen atoms in total. The predicted octanol–water partition coefficient (Wildman–Crippen LogP) is 1.63. The van der Waals surface area contributed by atoms with E-state index >= 15 is 0 Å². The second-order valence-corrected chi connectivity index (χ2v) is 5.00. The molecule has 0 aliphatic carbocycles. The third kappa shape index (κ3) is 5.78. The van der Waals surface area contributed by atoms with Gasteiger partial charge in [0.05, 0.1) is 10.0 Å². The van der Waals surface area contributed by atoms with Gasteiger partial charge in [-0.1, -0.05) is 41.4 Å². The van der Waals surface area contributed by atoms with E-state index in [4.69, 9.17) is 27.9 Å². The zero-order valence-corrected chi connectivity index (χ0v) is 15.8.